The van der Waals surface area contributed by atoms with Crippen LogP contribution in [0.2, 0.25) is 0 Å². The van der Waals surface area contributed by atoms with E-state index in [4.69, 9.17) is 0 Å². The van der Waals surface area contributed by atoms with Crippen LogP contribution in [0.15, 0.2) is 24.3 Å². The first-order valence-electron chi connectivity index (χ1n) is 7.51. The first-order chi connectivity index (χ1) is 9.26. The standard InChI is InChI=1S/C16H24N2O/c19-15-6-4-14(5-7-15)12-18-11-3-10-17-16(13-18)8-1-2-9-16/h4-7,17,19H,1-3,8-13H2. The Labute approximate surface area is 115 Å². The fourth-order valence-electron chi connectivity index (χ4n) is 3.60. The number of nitrogens with one attached hydrogen (secondary N) is 1. The molecular formula is C16H24N2O. The molecule has 1 aliphatic carbocycles. The van der Waals surface area contributed by atoms with Crippen molar-refractivity contribution in [2.75, 3.05) is 19.6 Å². The van der Waals surface area contributed by atoms with Crippen LogP contribution >= 0.6 is 0 Å². The smallest absolute Gasteiger partial charge is 0.115 e. The predicted octanol–water partition coefficient (Wildman–Crippen LogP) is 2.50. The lowest BCUT2D eigenvalue weighted by molar-refractivity contribution is 0.203. The van der Waals surface area contributed by atoms with Crippen LogP contribution in [-0.2, 0) is 6.54 Å². The molecule has 19 heavy (non-hydrogen) atoms. The van der Waals surface area contributed by atoms with Crippen molar-refractivity contribution in [3.8, 4) is 5.75 Å². The molecule has 1 aromatic carbocycles. The van der Waals surface area contributed by atoms with Gasteiger partial charge in [0.05, 0.1) is 0 Å². The summed E-state index contributed by atoms with van der Waals surface area (Å²) in [5, 5.41) is 13.2. The van der Waals surface area contributed by atoms with Gasteiger partial charge in [-0.15, -0.1) is 0 Å². The van der Waals surface area contributed by atoms with Gasteiger partial charge in [-0.2, -0.15) is 0 Å². The summed E-state index contributed by atoms with van der Waals surface area (Å²) in [6.07, 6.45) is 6.65. The lowest BCUT2D eigenvalue weighted by Gasteiger charge is -2.33. The number of aromatic hydroxyl groups is 1. The topological polar surface area (TPSA) is 35.5 Å². The zero-order valence-corrected chi connectivity index (χ0v) is 11.6. The molecule has 1 spiro atoms. The van der Waals surface area contributed by atoms with E-state index in [9.17, 15) is 5.11 Å². The second-order valence-corrected chi connectivity index (χ2v) is 6.14. The van der Waals surface area contributed by atoms with Crippen LogP contribution in [0.1, 0.15) is 37.7 Å². The average Bonchev–Trinajstić information content (AvgIpc) is 2.76. The zero-order chi connectivity index (χ0) is 13.1. The number of phenols is 1. The van der Waals surface area contributed by atoms with Crippen molar-refractivity contribution in [3.63, 3.8) is 0 Å². The van der Waals surface area contributed by atoms with Gasteiger partial charge in [0.2, 0.25) is 0 Å². The minimum atomic E-state index is 0.355. The normalized spacial score (nSPS) is 23.6. The molecule has 1 aliphatic heterocycles. The Morgan fingerprint density at radius 2 is 1.84 bits per heavy atom. The van der Waals surface area contributed by atoms with E-state index in [0.29, 0.717) is 11.3 Å². The van der Waals surface area contributed by atoms with Crippen molar-refractivity contribution in [1.29, 1.82) is 0 Å². The molecule has 1 saturated heterocycles. The maximum Gasteiger partial charge on any atom is 0.115 e. The number of phenolic OH excluding ortho intramolecular Hbond substituents is 1. The Kier molecular flexibility index (Phi) is 3.76. The van der Waals surface area contributed by atoms with E-state index in [1.54, 1.807) is 12.1 Å². The summed E-state index contributed by atoms with van der Waals surface area (Å²) in [7, 11) is 0. The van der Waals surface area contributed by atoms with Crippen LogP contribution in [-0.4, -0.2) is 35.2 Å². The molecule has 3 rings (SSSR count). The second kappa shape index (κ2) is 5.51. The van der Waals surface area contributed by atoms with Gasteiger partial charge >= 0.3 is 0 Å². The molecule has 0 bridgehead atoms. The maximum absolute atomic E-state index is 9.35. The molecule has 0 atom stereocenters. The van der Waals surface area contributed by atoms with Crippen molar-refractivity contribution in [2.24, 2.45) is 0 Å². The fraction of sp³-hybridized carbons (Fsp3) is 0.625. The van der Waals surface area contributed by atoms with Gasteiger partial charge in [0, 0.05) is 18.6 Å². The predicted molar refractivity (Wildman–Crippen MR) is 77.2 cm³/mol. The molecule has 2 aliphatic rings. The number of benzene rings is 1. The summed E-state index contributed by atoms with van der Waals surface area (Å²) in [5.41, 5.74) is 1.68. The van der Waals surface area contributed by atoms with E-state index in [2.05, 4.69) is 10.2 Å². The van der Waals surface area contributed by atoms with E-state index >= 15 is 0 Å². The fourth-order valence-corrected chi connectivity index (χ4v) is 3.60. The molecule has 0 radical (unpaired) electrons. The van der Waals surface area contributed by atoms with Gasteiger partial charge in [0.25, 0.3) is 0 Å². The Morgan fingerprint density at radius 1 is 1.11 bits per heavy atom. The lowest BCUT2D eigenvalue weighted by atomic mass is 9.97. The number of hydrogen-bond acceptors (Lipinski definition) is 3. The van der Waals surface area contributed by atoms with Crippen LogP contribution in [0.4, 0.5) is 0 Å². The van der Waals surface area contributed by atoms with Gasteiger partial charge in [-0.1, -0.05) is 25.0 Å². The quantitative estimate of drug-likeness (QED) is 0.857. The highest BCUT2D eigenvalue weighted by molar-refractivity contribution is 5.25. The largest absolute Gasteiger partial charge is 0.508 e. The molecule has 0 unspecified atom stereocenters. The van der Waals surface area contributed by atoms with Gasteiger partial charge < -0.3 is 10.4 Å². The molecule has 0 amide bonds. The molecule has 1 aromatic rings. The summed E-state index contributed by atoms with van der Waals surface area (Å²) in [6, 6.07) is 7.65. The molecular weight excluding hydrogens is 236 g/mol. The Morgan fingerprint density at radius 3 is 2.58 bits per heavy atom. The van der Waals surface area contributed by atoms with Crippen LogP contribution in [0, 0.1) is 0 Å². The highest BCUT2D eigenvalue weighted by Crippen LogP contribution is 2.32. The SMILES string of the molecule is Oc1ccc(CN2CCCNC3(CCCC3)C2)cc1. The van der Waals surface area contributed by atoms with E-state index in [0.717, 1.165) is 13.1 Å². The molecule has 2 fully saturated rings. The monoisotopic (exact) mass is 260 g/mol. The Hall–Kier alpha value is -1.06. The van der Waals surface area contributed by atoms with Gasteiger partial charge in [0.1, 0.15) is 5.75 Å². The molecule has 3 nitrogen and oxygen atoms in total. The summed E-state index contributed by atoms with van der Waals surface area (Å²) in [6.45, 7) is 4.51. The minimum Gasteiger partial charge on any atom is -0.508 e. The number of nitrogens with zero attached hydrogens (tertiary/aromatic N) is 1. The third-order valence-corrected chi connectivity index (χ3v) is 4.58. The van der Waals surface area contributed by atoms with Crippen molar-refractivity contribution in [1.82, 2.24) is 10.2 Å². The van der Waals surface area contributed by atoms with Gasteiger partial charge in [-0.3, -0.25) is 4.90 Å². The highest BCUT2D eigenvalue weighted by Gasteiger charge is 2.36. The van der Waals surface area contributed by atoms with Crippen LogP contribution in [0.3, 0.4) is 0 Å². The van der Waals surface area contributed by atoms with Gasteiger partial charge in [0.15, 0.2) is 0 Å². The van der Waals surface area contributed by atoms with Crippen molar-refractivity contribution >= 4 is 0 Å². The summed E-state index contributed by atoms with van der Waals surface area (Å²) in [4.78, 5) is 2.58. The highest BCUT2D eigenvalue weighted by atomic mass is 16.3. The molecule has 1 saturated carbocycles. The van der Waals surface area contributed by atoms with Crippen LogP contribution in [0.25, 0.3) is 0 Å². The lowest BCUT2D eigenvalue weighted by Crippen LogP contribution is -2.49. The minimum absolute atomic E-state index is 0.355. The molecule has 3 heteroatoms. The van der Waals surface area contributed by atoms with Gasteiger partial charge in [-0.25, -0.2) is 0 Å². The van der Waals surface area contributed by atoms with E-state index in [1.807, 2.05) is 12.1 Å². The van der Waals surface area contributed by atoms with E-state index < -0.39 is 0 Å². The molecule has 0 aromatic heterocycles. The number of hydrogen-bond donors (Lipinski definition) is 2. The van der Waals surface area contributed by atoms with E-state index in [-0.39, 0.29) is 0 Å². The first-order valence-corrected chi connectivity index (χ1v) is 7.51. The van der Waals surface area contributed by atoms with Crippen molar-refractivity contribution in [3.05, 3.63) is 29.8 Å². The van der Waals surface area contributed by atoms with E-state index in [1.165, 1.54) is 50.8 Å². The summed E-state index contributed by atoms with van der Waals surface area (Å²) < 4.78 is 0. The van der Waals surface area contributed by atoms with Crippen LogP contribution < -0.4 is 5.32 Å². The molecule has 2 N–H and O–H groups in total. The van der Waals surface area contributed by atoms with Gasteiger partial charge in [-0.05, 0) is 50.0 Å². The van der Waals surface area contributed by atoms with Crippen molar-refractivity contribution < 1.29 is 5.11 Å². The summed E-state index contributed by atoms with van der Waals surface area (Å²) in [5.74, 6) is 0.355. The molecule has 1 heterocycles. The van der Waals surface area contributed by atoms with Crippen molar-refractivity contribution in [2.45, 2.75) is 44.2 Å². The third-order valence-electron chi connectivity index (χ3n) is 4.58. The Balaban J connectivity index is 1.67. The molecule has 104 valence electrons. The summed E-state index contributed by atoms with van der Waals surface area (Å²) >= 11 is 0. The number of rotatable bonds is 2. The average molecular weight is 260 g/mol. The zero-order valence-electron chi connectivity index (χ0n) is 11.6. The third kappa shape index (κ3) is 3.10. The Bertz CT molecular complexity index is 409. The maximum atomic E-state index is 9.35. The second-order valence-electron chi connectivity index (χ2n) is 6.14. The van der Waals surface area contributed by atoms with Crippen LogP contribution in [0.5, 0.6) is 5.75 Å². The first kappa shape index (κ1) is 12.9.